The summed E-state index contributed by atoms with van der Waals surface area (Å²) in [7, 11) is 2.56. The Morgan fingerprint density at radius 1 is 0.641 bits per heavy atom. The van der Waals surface area contributed by atoms with Gasteiger partial charge in [0.15, 0.2) is 0 Å². The number of imidazole rings is 2. The van der Waals surface area contributed by atoms with Crippen molar-refractivity contribution < 1.29 is 33.4 Å². The maximum absolute atomic E-state index is 14.2. The lowest BCUT2D eigenvalue weighted by atomic mass is 10.0. The van der Waals surface area contributed by atoms with Crippen LogP contribution in [-0.2, 0) is 32.1 Å². The van der Waals surface area contributed by atoms with E-state index in [9.17, 15) is 19.2 Å². The molecular formula is C49H52N8O7. The predicted molar refractivity (Wildman–Crippen MR) is 240 cm³/mol. The third kappa shape index (κ3) is 9.94. The lowest BCUT2D eigenvalue weighted by molar-refractivity contribution is -0.134. The van der Waals surface area contributed by atoms with E-state index in [4.69, 9.17) is 14.5 Å². The topological polar surface area (TPSA) is 184 Å². The van der Waals surface area contributed by atoms with Crippen molar-refractivity contribution in [2.45, 2.75) is 69.8 Å². The lowest BCUT2D eigenvalue weighted by Gasteiger charge is -2.28. The van der Waals surface area contributed by atoms with Gasteiger partial charge in [-0.3, -0.25) is 9.59 Å². The molecule has 2 saturated heterocycles. The van der Waals surface area contributed by atoms with Gasteiger partial charge in [0, 0.05) is 19.5 Å². The second kappa shape index (κ2) is 19.7. The molecule has 0 bridgehead atoms. The number of nitrogens with zero attached hydrogens (tertiary/aromatic N) is 4. The van der Waals surface area contributed by atoms with Gasteiger partial charge >= 0.3 is 12.2 Å². The van der Waals surface area contributed by atoms with E-state index in [2.05, 4.69) is 54.6 Å². The van der Waals surface area contributed by atoms with E-state index >= 15 is 0 Å². The molecule has 15 nitrogen and oxygen atoms in total. The summed E-state index contributed by atoms with van der Waals surface area (Å²) < 4.78 is 15.5. The minimum absolute atomic E-state index is 0.179. The molecule has 6 aromatic rings. The highest BCUT2D eigenvalue weighted by Gasteiger charge is 2.37. The van der Waals surface area contributed by atoms with Crippen LogP contribution in [0.4, 0.5) is 9.59 Å². The van der Waals surface area contributed by atoms with Crippen molar-refractivity contribution in [1.82, 2.24) is 40.4 Å². The first-order valence-electron chi connectivity index (χ1n) is 21.5. The van der Waals surface area contributed by atoms with Crippen LogP contribution in [0.3, 0.4) is 0 Å². The molecule has 4 atom stereocenters. The average Bonchev–Trinajstić information content (AvgIpc) is 4.19. The predicted octanol–water partition coefficient (Wildman–Crippen LogP) is 7.75. The molecule has 0 aliphatic carbocycles. The van der Waals surface area contributed by atoms with Crippen LogP contribution < -0.4 is 15.4 Å². The fourth-order valence-electron chi connectivity index (χ4n) is 8.47. The summed E-state index contributed by atoms with van der Waals surface area (Å²) in [5.41, 5.74) is 7.63. The first-order chi connectivity index (χ1) is 31.2. The zero-order chi connectivity index (χ0) is 44.6. The normalized spacial score (nSPS) is 16.8. The number of amides is 4. The molecule has 2 aliphatic heterocycles. The molecule has 0 unspecified atom stereocenters. The molecule has 2 fully saturated rings. The number of likely N-dealkylation sites (tertiary alicyclic amines) is 2. The van der Waals surface area contributed by atoms with E-state index < -0.39 is 24.3 Å². The number of carbonyl (C=O) groups excluding carboxylic acids is 4. The van der Waals surface area contributed by atoms with Crippen molar-refractivity contribution in [3.63, 3.8) is 0 Å². The summed E-state index contributed by atoms with van der Waals surface area (Å²) in [6.07, 6.45) is 5.70. The highest BCUT2D eigenvalue weighted by atomic mass is 16.5. The number of aromatic nitrogens is 4. The molecule has 4 N–H and O–H groups in total. The van der Waals surface area contributed by atoms with Crippen LogP contribution in [0.2, 0.25) is 0 Å². The van der Waals surface area contributed by atoms with Gasteiger partial charge in [-0.15, -0.1) is 0 Å². The SMILES string of the molecule is COC(=O)N[C@@H](C)C(=O)N1CCC[C@H]1c1ncc(-c2ccc(-c3ccc(-c4cnc([C@@H]5CCCN5C(=O)[C@H](Cc5ccc(OCc6ccccc6)cc5)NC(=O)OC)[nH]4)cc3)cc2)[nH]1. The molecule has 8 rings (SSSR count). The summed E-state index contributed by atoms with van der Waals surface area (Å²) in [6.45, 7) is 3.22. The Balaban J connectivity index is 0.892. The molecule has 4 aromatic carbocycles. The number of hydrogen-bond donors (Lipinski definition) is 4. The Labute approximate surface area is 371 Å². The second-order valence-corrected chi connectivity index (χ2v) is 16.1. The van der Waals surface area contributed by atoms with Crippen LogP contribution in [0.15, 0.2) is 116 Å². The van der Waals surface area contributed by atoms with Gasteiger partial charge in [0.05, 0.1) is 50.1 Å². The number of benzene rings is 4. The number of nitrogens with one attached hydrogen (secondary N) is 4. The molecule has 2 aliphatic rings. The summed E-state index contributed by atoms with van der Waals surface area (Å²) in [5.74, 6) is 1.73. The first-order valence-corrected chi connectivity index (χ1v) is 21.5. The maximum atomic E-state index is 14.2. The molecule has 2 aromatic heterocycles. The fraction of sp³-hybridized carbons (Fsp3) is 0.306. The van der Waals surface area contributed by atoms with E-state index in [-0.39, 0.29) is 30.3 Å². The number of ether oxygens (including phenoxy) is 3. The summed E-state index contributed by atoms with van der Waals surface area (Å²) in [6, 6.07) is 31.9. The van der Waals surface area contributed by atoms with E-state index in [1.165, 1.54) is 14.2 Å². The van der Waals surface area contributed by atoms with Crippen LogP contribution in [0.1, 0.15) is 67.5 Å². The molecule has 4 amide bonds. The molecule has 64 heavy (non-hydrogen) atoms. The number of methoxy groups -OCH3 is 2. The smallest absolute Gasteiger partial charge is 0.407 e. The van der Waals surface area contributed by atoms with E-state index in [1.807, 2.05) is 78.9 Å². The summed E-state index contributed by atoms with van der Waals surface area (Å²) in [4.78, 5) is 71.3. The van der Waals surface area contributed by atoms with Gasteiger partial charge in [0.25, 0.3) is 0 Å². The zero-order valence-electron chi connectivity index (χ0n) is 36.1. The molecule has 0 spiro atoms. The van der Waals surface area contributed by atoms with Crippen molar-refractivity contribution in [1.29, 1.82) is 0 Å². The van der Waals surface area contributed by atoms with Gasteiger partial charge in [0.1, 0.15) is 36.1 Å². The van der Waals surface area contributed by atoms with Gasteiger partial charge in [-0.05, 0) is 78.1 Å². The largest absolute Gasteiger partial charge is 0.489 e. The molecule has 4 heterocycles. The minimum atomic E-state index is -0.842. The van der Waals surface area contributed by atoms with Crippen molar-refractivity contribution >= 4 is 24.0 Å². The Kier molecular flexibility index (Phi) is 13.3. The van der Waals surface area contributed by atoms with Gasteiger partial charge in [0.2, 0.25) is 11.8 Å². The first kappa shape index (κ1) is 43.2. The third-order valence-corrected chi connectivity index (χ3v) is 11.9. The molecular weight excluding hydrogens is 813 g/mol. The highest BCUT2D eigenvalue weighted by Crippen LogP contribution is 2.35. The van der Waals surface area contributed by atoms with Crippen LogP contribution in [0.5, 0.6) is 5.75 Å². The van der Waals surface area contributed by atoms with Crippen LogP contribution in [0, 0.1) is 0 Å². The second-order valence-electron chi connectivity index (χ2n) is 16.1. The van der Waals surface area contributed by atoms with Gasteiger partial charge in [-0.2, -0.15) is 0 Å². The van der Waals surface area contributed by atoms with Crippen molar-refractivity contribution in [2.75, 3.05) is 27.3 Å². The van der Waals surface area contributed by atoms with E-state index in [0.29, 0.717) is 37.1 Å². The quantitative estimate of drug-likeness (QED) is 0.0851. The zero-order valence-corrected chi connectivity index (χ0v) is 36.1. The monoisotopic (exact) mass is 864 g/mol. The van der Waals surface area contributed by atoms with Gasteiger partial charge in [-0.1, -0.05) is 91.0 Å². The Bertz CT molecular complexity index is 2540. The van der Waals surface area contributed by atoms with Crippen LogP contribution in [0.25, 0.3) is 33.6 Å². The highest BCUT2D eigenvalue weighted by molar-refractivity contribution is 5.87. The van der Waals surface area contributed by atoms with Crippen molar-refractivity contribution in [2.24, 2.45) is 0 Å². The average molecular weight is 865 g/mol. The molecule has 15 heteroatoms. The summed E-state index contributed by atoms with van der Waals surface area (Å²) >= 11 is 0. The number of hydrogen-bond acceptors (Lipinski definition) is 9. The van der Waals surface area contributed by atoms with E-state index in [1.54, 1.807) is 29.1 Å². The molecule has 0 radical (unpaired) electrons. The van der Waals surface area contributed by atoms with Crippen molar-refractivity contribution in [3.05, 3.63) is 138 Å². The Morgan fingerprint density at radius 3 is 1.67 bits per heavy atom. The third-order valence-electron chi connectivity index (χ3n) is 11.9. The van der Waals surface area contributed by atoms with Crippen molar-refractivity contribution in [3.8, 4) is 39.4 Å². The molecule has 330 valence electrons. The minimum Gasteiger partial charge on any atom is -0.489 e. The van der Waals surface area contributed by atoms with Gasteiger partial charge < -0.3 is 44.6 Å². The maximum Gasteiger partial charge on any atom is 0.407 e. The number of carbonyl (C=O) groups is 4. The number of alkyl carbamates (subject to hydrolysis) is 2. The number of aromatic amines is 2. The number of rotatable bonds is 14. The standard InChI is InChI=1S/C49H52N8O7/c1-31(52-48(60)62-2)46(58)56-25-7-11-42(56)44-50-28-40(53-44)36-19-15-34(16-20-36)35-17-21-37(22-18-35)41-29-51-45(54-41)43-12-8-26-57(43)47(59)39(55-49(61)63-3)27-32-13-23-38(24-14-32)64-30-33-9-5-4-6-10-33/h4-6,9-10,13-24,28-29,31,39,42-43H,7-8,11-12,25-27,30H2,1-3H3,(H,50,53)(H,51,54)(H,52,60)(H,55,61)/t31-,39-,42-,43-/m0/s1. The van der Waals surface area contributed by atoms with Gasteiger partial charge in [-0.25, -0.2) is 19.6 Å². The molecule has 0 saturated carbocycles. The van der Waals surface area contributed by atoms with Crippen LogP contribution >= 0.6 is 0 Å². The summed E-state index contributed by atoms with van der Waals surface area (Å²) in [5, 5.41) is 5.33. The Morgan fingerprint density at radius 2 is 1.14 bits per heavy atom. The van der Waals surface area contributed by atoms with Crippen LogP contribution in [-0.4, -0.2) is 93.1 Å². The lowest BCUT2D eigenvalue weighted by Crippen LogP contribution is -2.49. The fourth-order valence-corrected chi connectivity index (χ4v) is 8.47. The van der Waals surface area contributed by atoms with E-state index in [0.717, 1.165) is 70.5 Å². The number of H-pyrrole nitrogens is 2. The Hall–Kier alpha value is -7.42.